The van der Waals surface area contributed by atoms with Crippen LogP contribution in [0.1, 0.15) is 51.0 Å². The fraction of sp³-hybridized carbons (Fsp3) is 0.462. The molecule has 1 saturated carbocycles. The van der Waals surface area contributed by atoms with Crippen molar-refractivity contribution in [3.63, 3.8) is 0 Å². The van der Waals surface area contributed by atoms with Crippen molar-refractivity contribution in [3.05, 3.63) is 65.5 Å². The first-order valence-corrected chi connectivity index (χ1v) is 14.1. The van der Waals surface area contributed by atoms with Gasteiger partial charge in [-0.25, -0.2) is 21.6 Å². The molecule has 202 valence electrons. The van der Waals surface area contributed by atoms with E-state index in [-0.39, 0.29) is 49.1 Å². The van der Waals surface area contributed by atoms with Crippen molar-refractivity contribution in [2.45, 2.75) is 64.1 Å². The van der Waals surface area contributed by atoms with Crippen LogP contribution in [0.25, 0.3) is 0 Å². The van der Waals surface area contributed by atoms with Crippen molar-refractivity contribution in [3.8, 4) is 0 Å². The van der Waals surface area contributed by atoms with Crippen molar-refractivity contribution < 1.29 is 31.2 Å². The van der Waals surface area contributed by atoms with Gasteiger partial charge in [-0.2, -0.15) is 0 Å². The largest absolute Gasteiger partial charge is 0.352 e. The topological polar surface area (TPSA) is 86.8 Å². The average molecular weight is 540 g/mol. The van der Waals surface area contributed by atoms with Crippen LogP contribution in [0, 0.1) is 17.5 Å². The maximum absolute atomic E-state index is 14.4. The van der Waals surface area contributed by atoms with E-state index in [1.165, 1.54) is 23.1 Å². The van der Waals surface area contributed by atoms with Crippen LogP contribution in [0.5, 0.6) is 0 Å². The van der Waals surface area contributed by atoms with Gasteiger partial charge in [-0.1, -0.05) is 31.0 Å². The molecular weight excluding hydrogens is 507 g/mol. The molecule has 2 aromatic rings. The molecule has 1 atom stereocenters. The second-order valence-electron chi connectivity index (χ2n) is 9.32. The fourth-order valence-corrected chi connectivity index (χ4v) is 5.39. The Morgan fingerprint density at radius 3 is 2.32 bits per heavy atom. The molecule has 3 rings (SSSR count). The first-order chi connectivity index (χ1) is 17.5. The van der Waals surface area contributed by atoms with Crippen LogP contribution < -0.4 is 9.62 Å². The van der Waals surface area contributed by atoms with Crippen LogP contribution in [0.15, 0.2) is 42.5 Å². The Balaban J connectivity index is 1.73. The molecule has 1 fully saturated rings. The van der Waals surface area contributed by atoms with Crippen LogP contribution in [-0.4, -0.2) is 50.0 Å². The highest BCUT2D eigenvalue weighted by Gasteiger charge is 2.29. The zero-order valence-corrected chi connectivity index (χ0v) is 21.7. The molecule has 0 radical (unpaired) electrons. The van der Waals surface area contributed by atoms with E-state index in [0.717, 1.165) is 54.4 Å². The zero-order valence-electron chi connectivity index (χ0n) is 20.9. The lowest BCUT2D eigenvalue weighted by Crippen LogP contribution is -2.49. The van der Waals surface area contributed by atoms with Gasteiger partial charge < -0.3 is 10.2 Å². The SMILES string of the molecule is C[C@H](C(=O)NC1CCCC1)N(Cc1ccccc1F)C(=O)CCCN(c1ccc(F)c(F)c1)S(C)(=O)=O. The lowest BCUT2D eigenvalue weighted by molar-refractivity contribution is -0.141. The minimum absolute atomic E-state index is 0.0373. The second kappa shape index (κ2) is 12.4. The smallest absolute Gasteiger partial charge is 0.242 e. The molecule has 0 heterocycles. The third kappa shape index (κ3) is 7.70. The number of carbonyl (C=O) groups excluding carboxylic acids is 2. The molecule has 2 amide bonds. The molecule has 1 aliphatic rings. The minimum atomic E-state index is -3.86. The first kappa shape index (κ1) is 28.5. The number of nitrogens with one attached hydrogen (secondary N) is 1. The Morgan fingerprint density at radius 2 is 1.70 bits per heavy atom. The van der Waals surface area contributed by atoms with Gasteiger partial charge >= 0.3 is 0 Å². The zero-order chi connectivity index (χ0) is 27.2. The van der Waals surface area contributed by atoms with Gasteiger partial charge in [0, 0.05) is 37.2 Å². The van der Waals surface area contributed by atoms with Crippen LogP contribution in [0.4, 0.5) is 18.9 Å². The lowest BCUT2D eigenvalue weighted by Gasteiger charge is -2.30. The van der Waals surface area contributed by atoms with Gasteiger partial charge in [-0.05, 0) is 44.4 Å². The Hall–Kier alpha value is -3.08. The Bertz CT molecular complexity index is 1220. The molecule has 1 N–H and O–H groups in total. The van der Waals surface area contributed by atoms with Crippen molar-refractivity contribution >= 4 is 27.5 Å². The Morgan fingerprint density at radius 1 is 1.03 bits per heavy atom. The second-order valence-corrected chi connectivity index (χ2v) is 11.2. The summed E-state index contributed by atoms with van der Waals surface area (Å²) in [6.45, 7) is 1.27. The number of halogens is 3. The van der Waals surface area contributed by atoms with E-state index in [2.05, 4.69) is 5.32 Å². The molecule has 0 aromatic heterocycles. The number of benzene rings is 2. The van der Waals surface area contributed by atoms with Gasteiger partial charge in [0.1, 0.15) is 11.9 Å². The predicted molar refractivity (Wildman–Crippen MR) is 135 cm³/mol. The van der Waals surface area contributed by atoms with Crippen LogP contribution >= 0.6 is 0 Å². The molecule has 11 heteroatoms. The number of nitrogens with zero attached hydrogens (tertiary/aromatic N) is 2. The van der Waals surface area contributed by atoms with Crippen molar-refractivity contribution in [2.24, 2.45) is 0 Å². The maximum atomic E-state index is 14.4. The summed E-state index contributed by atoms with van der Waals surface area (Å²) in [5.74, 6) is -3.61. The molecule has 0 bridgehead atoms. The minimum Gasteiger partial charge on any atom is -0.352 e. The number of sulfonamides is 1. The summed E-state index contributed by atoms with van der Waals surface area (Å²) in [4.78, 5) is 27.5. The number of rotatable bonds is 11. The quantitative estimate of drug-likeness (QED) is 0.465. The Labute approximate surface area is 215 Å². The van der Waals surface area contributed by atoms with E-state index in [0.29, 0.717) is 0 Å². The predicted octanol–water partition coefficient (Wildman–Crippen LogP) is 4.13. The van der Waals surface area contributed by atoms with Crippen LogP contribution in [-0.2, 0) is 26.2 Å². The third-order valence-corrected chi connectivity index (χ3v) is 7.70. The van der Waals surface area contributed by atoms with Gasteiger partial charge in [0.05, 0.1) is 11.9 Å². The summed E-state index contributed by atoms with van der Waals surface area (Å²) < 4.78 is 66.9. The van der Waals surface area contributed by atoms with Crippen molar-refractivity contribution in [1.82, 2.24) is 10.2 Å². The van der Waals surface area contributed by atoms with Crippen LogP contribution in [0.3, 0.4) is 0 Å². The summed E-state index contributed by atoms with van der Waals surface area (Å²) in [7, 11) is -3.86. The van der Waals surface area contributed by atoms with Gasteiger partial charge in [0.2, 0.25) is 21.8 Å². The third-order valence-electron chi connectivity index (χ3n) is 6.51. The number of amides is 2. The number of carbonyl (C=O) groups is 2. The fourth-order valence-electron chi connectivity index (χ4n) is 4.43. The highest BCUT2D eigenvalue weighted by molar-refractivity contribution is 7.92. The lowest BCUT2D eigenvalue weighted by atomic mass is 10.1. The van der Waals surface area contributed by atoms with E-state index in [1.54, 1.807) is 13.0 Å². The normalized spacial score (nSPS) is 14.8. The molecule has 1 aliphatic carbocycles. The standard InChI is InChI=1S/C26H32F3N3O4S/c1-18(26(34)30-20-9-4-5-10-20)31(17-19-8-3-6-11-22(19)27)25(33)12-7-15-32(37(2,35)36)21-13-14-23(28)24(29)16-21/h3,6,8,11,13-14,16,18,20H,4-5,7,9-10,12,15,17H2,1-2H3,(H,30,34)/t18-/m1/s1. The summed E-state index contributed by atoms with van der Waals surface area (Å²) in [6.07, 6.45) is 4.59. The molecule has 7 nitrogen and oxygen atoms in total. The van der Waals surface area contributed by atoms with E-state index < -0.39 is 39.4 Å². The summed E-state index contributed by atoms with van der Waals surface area (Å²) in [5, 5.41) is 2.96. The van der Waals surface area contributed by atoms with Gasteiger partial charge in [-0.3, -0.25) is 13.9 Å². The Kier molecular flexibility index (Phi) is 9.58. The molecular formula is C26H32F3N3O4S. The van der Waals surface area contributed by atoms with Gasteiger partial charge in [0.25, 0.3) is 0 Å². The average Bonchev–Trinajstić information content (AvgIpc) is 3.35. The van der Waals surface area contributed by atoms with E-state index in [9.17, 15) is 31.2 Å². The highest BCUT2D eigenvalue weighted by Crippen LogP contribution is 2.22. The molecule has 0 spiro atoms. The van der Waals surface area contributed by atoms with Gasteiger partial charge in [-0.15, -0.1) is 0 Å². The number of hydrogen-bond acceptors (Lipinski definition) is 4. The van der Waals surface area contributed by atoms with Crippen LogP contribution in [0.2, 0.25) is 0 Å². The molecule has 0 aliphatic heterocycles. The van der Waals surface area contributed by atoms with E-state index in [1.807, 2.05) is 0 Å². The molecule has 0 unspecified atom stereocenters. The number of anilines is 1. The summed E-state index contributed by atoms with van der Waals surface area (Å²) in [6, 6.07) is 7.87. The maximum Gasteiger partial charge on any atom is 0.242 e. The van der Waals surface area contributed by atoms with Crippen molar-refractivity contribution in [1.29, 1.82) is 0 Å². The van der Waals surface area contributed by atoms with E-state index in [4.69, 9.17) is 0 Å². The first-order valence-electron chi connectivity index (χ1n) is 12.2. The van der Waals surface area contributed by atoms with Gasteiger partial charge in [0.15, 0.2) is 11.6 Å². The molecule has 0 saturated heterocycles. The summed E-state index contributed by atoms with van der Waals surface area (Å²) in [5.41, 5.74) is 0.178. The number of hydrogen-bond donors (Lipinski definition) is 1. The monoisotopic (exact) mass is 539 g/mol. The van der Waals surface area contributed by atoms with E-state index >= 15 is 0 Å². The summed E-state index contributed by atoms with van der Waals surface area (Å²) >= 11 is 0. The van der Waals surface area contributed by atoms with Crippen molar-refractivity contribution in [2.75, 3.05) is 17.1 Å². The molecule has 37 heavy (non-hydrogen) atoms. The molecule has 2 aromatic carbocycles. The highest BCUT2D eigenvalue weighted by atomic mass is 32.2.